The summed E-state index contributed by atoms with van der Waals surface area (Å²) in [5.74, 6) is 0.717. The van der Waals surface area contributed by atoms with E-state index in [1.807, 2.05) is 37.3 Å². The van der Waals surface area contributed by atoms with Crippen molar-refractivity contribution in [1.29, 1.82) is 5.41 Å². The maximum absolute atomic E-state index is 11.0. The minimum atomic E-state index is -0.0790. The van der Waals surface area contributed by atoms with Crippen LogP contribution < -0.4 is 5.73 Å². The van der Waals surface area contributed by atoms with Gasteiger partial charge in [0.25, 0.3) is 0 Å². The predicted molar refractivity (Wildman–Crippen MR) is 128 cm³/mol. The summed E-state index contributed by atoms with van der Waals surface area (Å²) in [6.45, 7) is 3.87. The van der Waals surface area contributed by atoms with Gasteiger partial charge in [-0.3, -0.25) is 10.2 Å². The SMILES string of the molecule is CC(Cc1ccccc1)N(N=C(c1ccc(C=O)cc1)N1CCCC1)C(=N)N.I. The van der Waals surface area contributed by atoms with E-state index in [4.69, 9.17) is 16.2 Å². The molecule has 1 atom stereocenters. The number of rotatable bonds is 6. The van der Waals surface area contributed by atoms with Crippen molar-refractivity contribution in [3.63, 3.8) is 0 Å². The van der Waals surface area contributed by atoms with Gasteiger partial charge in [0, 0.05) is 24.2 Å². The van der Waals surface area contributed by atoms with Gasteiger partial charge in [-0.2, -0.15) is 5.10 Å². The van der Waals surface area contributed by atoms with Gasteiger partial charge in [-0.25, -0.2) is 5.01 Å². The van der Waals surface area contributed by atoms with Crippen LogP contribution in [0.2, 0.25) is 0 Å². The zero-order valence-electron chi connectivity index (χ0n) is 16.6. The van der Waals surface area contributed by atoms with E-state index in [1.165, 1.54) is 5.56 Å². The van der Waals surface area contributed by atoms with Crippen LogP contribution in [0.4, 0.5) is 0 Å². The third kappa shape index (κ3) is 6.03. The average Bonchev–Trinajstić information content (AvgIpc) is 3.24. The van der Waals surface area contributed by atoms with Crippen LogP contribution in [0.15, 0.2) is 59.7 Å². The first-order chi connectivity index (χ1) is 13.6. The maximum atomic E-state index is 11.0. The standard InChI is InChI=1S/C22H27N5O.HI/c1-17(15-18-7-3-2-4-8-18)27(22(23)24)25-21(26-13-5-6-14-26)20-11-9-19(16-28)10-12-20;/h2-4,7-12,16-17H,5-6,13-15H2,1H3,(H3,23,24);1H. The minimum Gasteiger partial charge on any atom is -0.369 e. The molecule has 0 aliphatic carbocycles. The van der Waals surface area contributed by atoms with Gasteiger partial charge in [0.15, 0.2) is 5.84 Å². The Bertz CT molecular complexity index is 832. The van der Waals surface area contributed by atoms with E-state index in [1.54, 1.807) is 17.1 Å². The van der Waals surface area contributed by atoms with Gasteiger partial charge < -0.3 is 10.6 Å². The second kappa shape index (κ2) is 10.9. The topological polar surface area (TPSA) is 85.8 Å². The Labute approximate surface area is 189 Å². The number of carbonyl (C=O) groups excluding carboxylic acids is 1. The number of hydrogen-bond donors (Lipinski definition) is 2. The van der Waals surface area contributed by atoms with Gasteiger partial charge in [-0.15, -0.1) is 24.0 Å². The number of nitrogens with zero attached hydrogens (tertiary/aromatic N) is 3. The van der Waals surface area contributed by atoms with Crippen molar-refractivity contribution in [2.24, 2.45) is 10.8 Å². The van der Waals surface area contributed by atoms with Crippen molar-refractivity contribution in [3.05, 3.63) is 71.3 Å². The van der Waals surface area contributed by atoms with E-state index < -0.39 is 0 Å². The molecule has 0 saturated carbocycles. The molecule has 154 valence electrons. The highest BCUT2D eigenvalue weighted by Gasteiger charge is 2.22. The molecule has 1 heterocycles. The van der Waals surface area contributed by atoms with Crippen molar-refractivity contribution in [1.82, 2.24) is 9.91 Å². The molecule has 0 spiro atoms. The maximum Gasteiger partial charge on any atom is 0.209 e. The first kappa shape index (κ1) is 22.9. The molecule has 3 rings (SSSR count). The van der Waals surface area contributed by atoms with E-state index >= 15 is 0 Å². The quantitative estimate of drug-likeness (QED) is 0.206. The number of nitrogens with two attached hydrogens (primary N) is 1. The van der Waals surface area contributed by atoms with E-state index in [9.17, 15) is 4.79 Å². The smallest absolute Gasteiger partial charge is 0.209 e. The van der Waals surface area contributed by atoms with Crippen molar-refractivity contribution in [2.75, 3.05) is 13.1 Å². The van der Waals surface area contributed by atoms with Crippen LogP contribution in [0.25, 0.3) is 0 Å². The van der Waals surface area contributed by atoms with Crippen LogP contribution in [0.5, 0.6) is 0 Å². The zero-order valence-corrected chi connectivity index (χ0v) is 19.0. The molecule has 1 saturated heterocycles. The number of nitrogens with one attached hydrogen (secondary N) is 1. The number of amidine groups is 1. The van der Waals surface area contributed by atoms with E-state index in [0.717, 1.165) is 50.0 Å². The molecule has 2 aromatic rings. The lowest BCUT2D eigenvalue weighted by molar-refractivity contribution is 0.112. The van der Waals surface area contributed by atoms with E-state index in [2.05, 4.69) is 17.0 Å². The lowest BCUT2D eigenvalue weighted by Crippen LogP contribution is -2.42. The van der Waals surface area contributed by atoms with Crippen molar-refractivity contribution < 1.29 is 4.79 Å². The fourth-order valence-corrected chi connectivity index (χ4v) is 3.48. The van der Waals surface area contributed by atoms with Crippen LogP contribution in [0, 0.1) is 5.41 Å². The summed E-state index contributed by atoms with van der Waals surface area (Å²) >= 11 is 0. The number of carbonyl (C=O) groups is 1. The van der Waals surface area contributed by atoms with Crippen LogP contribution in [-0.2, 0) is 6.42 Å². The minimum absolute atomic E-state index is 0. The van der Waals surface area contributed by atoms with Gasteiger partial charge in [0.2, 0.25) is 5.96 Å². The van der Waals surface area contributed by atoms with Crippen LogP contribution in [-0.4, -0.2) is 47.1 Å². The number of benzene rings is 2. The third-order valence-corrected chi connectivity index (χ3v) is 4.95. The molecular weight excluding hydrogens is 477 g/mol. The number of halogens is 1. The summed E-state index contributed by atoms with van der Waals surface area (Å²) < 4.78 is 0. The molecule has 29 heavy (non-hydrogen) atoms. The highest BCUT2D eigenvalue weighted by atomic mass is 127. The average molecular weight is 505 g/mol. The number of hydrogen-bond acceptors (Lipinski definition) is 3. The van der Waals surface area contributed by atoms with Gasteiger partial charge in [0.1, 0.15) is 6.29 Å². The number of likely N-dealkylation sites (tertiary alicyclic amines) is 1. The molecule has 1 unspecified atom stereocenters. The second-order valence-electron chi connectivity index (χ2n) is 7.13. The van der Waals surface area contributed by atoms with Gasteiger partial charge in [-0.1, -0.05) is 54.6 Å². The molecule has 0 amide bonds. The molecule has 6 nitrogen and oxygen atoms in total. The Morgan fingerprint density at radius 3 is 2.34 bits per heavy atom. The molecule has 7 heteroatoms. The number of guanidine groups is 1. The fourth-order valence-electron chi connectivity index (χ4n) is 3.48. The Balaban J connectivity index is 0.00000300. The molecular formula is C22H28IN5O. The number of aldehydes is 1. The monoisotopic (exact) mass is 505 g/mol. The molecule has 0 radical (unpaired) electrons. The van der Waals surface area contributed by atoms with Crippen molar-refractivity contribution in [2.45, 2.75) is 32.2 Å². The Morgan fingerprint density at radius 1 is 1.17 bits per heavy atom. The lowest BCUT2D eigenvalue weighted by Gasteiger charge is -2.28. The summed E-state index contributed by atoms with van der Waals surface area (Å²) in [6.07, 6.45) is 3.80. The molecule has 1 fully saturated rings. The molecule has 1 aliphatic heterocycles. The van der Waals surface area contributed by atoms with Gasteiger partial charge in [-0.05, 0) is 31.7 Å². The summed E-state index contributed by atoms with van der Waals surface area (Å²) in [6, 6.07) is 17.5. The molecule has 2 aromatic carbocycles. The Kier molecular flexibility index (Phi) is 8.63. The molecule has 0 aromatic heterocycles. The fraction of sp³-hybridized carbons (Fsp3) is 0.318. The molecule has 0 bridgehead atoms. The summed E-state index contributed by atoms with van der Waals surface area (Å²) in [7, 11) is 0. The highest BCUT2D eigenvalue weighted by Crippen LogP contribution is 2.17. The summed E-state index contributed by atoms with van der Waals surface area (Å²) in [5, 5.41) is 14.5. The highest BCUT2D eigenvalue weighted by molar-refractivity contribution is 14.0. The summed E-state index contributed by atoms with van der Waals surface area (Å²) in [5.41, 5.74) is 8.63. The van der Waals surface area contributed by atoms with Crippen LogP contribution in [0.1, 0.15) is 41.3 Å². The largest absolute Gasteiger partial charge is 0.369 e. The zero-order chi connectivity index (χ0) is 19.9. The number of hydrazone groups is 1. The van der Waals surface area contributed by atoms with Gasteiger partial charge >= 0.3 is 0 Å². The third-order valence-electron chi connectivity index (χ3n) is 4.95. The Hall–Kier alpha value is -2.42. The second-order valence-corrected chi connectivity index (χ2v) is 7.13. The van der Waals surface area contributed by atoms with Crippen LogP contribution in [0.3, 0.4) is 0 Å². The van der Waals surface area contributed by atoms with E-state index in [0.29, 0.717) is 5.56 Å². The van der Waals surface area contributed by atoms with Crippen molar-refractivity contribution in [3.8, 4) is 0 Å². The predicted octanol–water partition coefficient (Wildman–Crippen LogP) is 3.70. The first-order valence-electron chi connectivity index (χ1n) is 9.65. The lowest BCUT2D eigenvalue weighted by atomic mass is 10.1. The first-order valence-corrected chi connectivity index (χ1v) is 9.65. The Morgan fingerprint density at radius 2 is 1.79 bits per heavy atom. The summed E-state index contributed by atoms with van der Waals surface area (Å²) in [4.78, 5) is 13.2. The van der Waals surface area contributed by atoms with Crippen molar-refractivity contribution >= 4 is 42.1 Å². The van der Waals surface area contributed by atoms with E-state index in [-0.39, 0.29) is 36.0 Å². The molecule has 3 N–H and O–H groups in total. The van der Waals surface area contributed by atoms with Crippen LogP contribution >= 0.6 is 24.0 Å². The molecule has 1 aliphatic rings. The van der Waals surface area contributed by atoms with Gasteiger partial charge in [0.05, 0.1) is 6.04 Å². The normalized spacial score (nSPS) is 14.8.